The number of aromatic nitrogens is 2. The fourth-order valence-electron chi connectivity index (χ4n) is 3.40. The Morgan fingerprint density at radius 2 is 2.03 bits per heavy atom. The lowest BCUT2D eigenvalue weighted by atomic mass is 10.2. The summed E-state index contributed by atoms with van der Waals surface area (Å²) in [5, 5.41) is 19.1. The summed E-state index contributed by atoms with van der Waals surface area (Å²) in [6.45, 7) is 3.55. The molecule has 0 unspecified atom stereocenters. The van der Waals surface area contributed by atoms with E-state index in [1.165, 1.54) is 10.7 Å². The molecule has 0 bridgehead atoms. The summed E-state index contributed by atoms with van der Waals surface area (Å²) >= 11 is 6.16. The number of carbonyl (C=O) groups is 1. The molecule has 1 saturated carbocycles. The highest BCUT2D eigenvalue weighted by Gasteiger charge is 2.30. The Morgan fingerprint density at radius 3 is 2.67 bits per heavy atom. The molecule has 1 aliphatic rings. The summed E-state index contributed by atoms with van der Waals surface area (Å²) in [5.74, 6) is -0.481. The number of ether oxygens (including phenoxy) is 1. The molecule has 1 aliphatic carbocycles. The second-order valence-electron chi connectivity index (χ2n) is 8.31. The van der Waals surface area contributed by atoms with E-state index in [2.05, 4.69) is 15.1 Å². The van der Waals surface area contributed by atoms with Crippen LogP contribution in [0.3, 0.4) is 0 Å². The van der Waals surface area contributed by atoms with Crippen LogP contribution in [0.15, 0.2) is 47.4 Å². The van der Waals surface area contributed by atoms with E-state index in [1.54, 1.807) is 38.1 Å². The zero-order valence-electron chi connectivity index (χ0n) is 19.5. The number of sulfonamides is 1. The van der Waals surface area contributed by atoms with Crippen LogP contribution in [0.25, 0.3) is 5.69 Å². The van der Waals surface area contributed by atoms with Crippen molar-refractivity contribution in [2.75, 3.05) is 6.54 Å². The lowest BCUT2D eigenvalue weighted by molar-refractivity contribution is -0.385. The van der Waals surface area contributed by atoms with Crippen molar-refractivity contribution in [2.45, 2.75) is 44.0 Å². The number of nitro benzene ring substituents is 1. The summed E-state index contributed by atoms with van der Waals surface area (Å²) < 4.78 is 35.8. The third-order valence-electron chi connectivity index (χ3n) is 5.43. The second-order valence-corrected chi connectivity index (χ2v) is 10.5. The molecule has 2 N–H and O–H groups in total. The van der Waals surface area contributed by atoms with Crippen LogP contribution in [0.2, 0.25) is 5.02 Å². The Hall–Kier alpha value is -3.48. The lowest BCUT2D eigenvalue weighted by Gasteiger charge is -2.14. The smallest absolute Gasteiger partial charge is 0.272 e. The fourth-order valence-corrected chi connectivity index (χ4v) is 4.87. The molecule has 0 atom stereocenters. The van der Waals surface area contributed by atoms with Gasteiger partial charge >= 0.3 is 0 Å². The Labute approximate surface area is 212 Å². The number of carbonyl (C=O) groups excluding carboxylic acids is 1. The largest absolute Gasteiger partial charge is 0.437 e. The number of benzene rings is 2. The molecule has 0 radical (unpaired) electrons. The van der Waals surface area contributed by atoms with Gasteiger partial charge in [-0.2, -0.15) is 9.78 Å². The number of rotatable bonds is 10. The molecule has 0 spiro atoms. The van der Waals surface area contributed by atoms with Crippen molar-refractivity contribution in [3.05, 3.63) is 68.9 Å². The molecule has 0 aliphatic heterocycles. The predicted molar refractivity (Wildman–Crippen MR) is 132 cm³/mol. The van der Waals surface area contributed by atoms with E-state index in [9.17, 15) is 23.3 Å². The molecule has 1 amide bonds. The number of nitrogens with zero attached hydrogens (tertiary/aromatic N) is 3. The highest BCUT2D eigenvalue weighted by molar-refractivity contribution is 7.89. The van der Waals surface area contributed by atoms with E-state index in [1.807, 2.05) is 0 Å². The maximum Gasteiger partial charge on any atom is 0.272 e. The van der Waals surface area contributed by atoms with Gasteiger partial charge in [-0.25, -0.2) is 13.1 Å². The number of nitrogens with one attached hydrogen (secondary N) is 2. The minimum atomic E-state index is -4.15. The van der Waals surface area contributed by atoms with Crippen LogP contribution >= 0.6 is 11.6 Å². The maximum atomic E-state index is 13.0. The fraction of sp³-hybridized carbons (Fsp3) is 0.304. The molecule has 11 nitrogen and oxygen atoms in total. The van der Waals surface area contributed by atoms with Gasteiger partial charge in [0, 0.05) is 35.3 Å². The number of nitro groups is 1. The first kappa shape index (κ1) is 25.6. The van der Waals surface area contributed by atoms with E-state index in [4.69, 9.17) is 16.3 Å². The first-order valence-corrected chi connectivity index (χ1v) is 13.1. The normalized spacial score (nSPS) is 13.4. The summed E-state index contributed by atoms with van der Waals surface area (Å²) in [4.78, 5) is 23.1. The molecule has 190 valence electrons. The number of hydrogen-bond donors (Lipinski definition) is 2. The number of non-ortho nitro benzene ring substituents is 1. The average Bonchev–Trinajstić information content (AvgIpc) is 3.59. The number of hydrogen-bond acceptors (Lipinski definition) is 7. The van der Waals surface area contributed by atoms with Crippen molar-refractivity contribution in [3.8, 4) is 17.3 Å². The zero-order valence-corrected chi connectivity index (χ0v) is 21.1. The standard InChI is InChI=1S/C23H24ClN5O6S/c1-3-11-25-36(33,34)20-13-18(29(31)32)9-10-19(20)35-23-14(2)21(22(30)26-16-7-8-16)27-28(23)17-6-4-5-15(24)12-17/h4-6,9-10,12-13,16,25H,3,7-8,11H2,1-2H3,(H,26,30). The monoisotopic (exact) mass is 533 g/mol. The Bertz CT molecular complexity index is 1430. The maximum absolute atomic E-state index is 13.0. The molecule has 4 rings (SSSR count). The van der Waals surface area contributed by atoms with Crippen LogP contribution in [-0.2, 0) is 10.0 Å². The van der Waals surface area contributed by atoms with Crippen LogP contribution in [0, 0.1) is 17.0 Å². The van der Waals surface area contributed by atoms with Crippen LogP contribution in [0.1, 0.15) is 42.2 Å². The van der Waals surface area contributed by atoms with Gasteiger partial charge in [0.25, 0.3) is 11.6 Å². The zero-order chi connectivity index (χ0) is 26.0. The third kappa shape index (κ3) is 5.50. The topological polar surface area (TPSA) is 145 Å². The molecule has 0 saturated heterocycles. The van der Waals surface area contributed by atoms with E-state index < -0.39 is 25.5 Å². The van der Waals surface area contributed by atoms with Crippen LogP contribution in [0.4, 0.5) is 5.69 Å². The van der Waals surface area contributed by atoms with Gasteiger partial charge in [-0.15, -0.1) is 0 Å². The van der Waals surface area contributed by atoms with Crippen molar-refractivity contribution >= 4 is 33.2 Å². The van der Waals surface area contributed by atoms with Gasteiger partial charge in [0.2, 0.25) is 15.9 Å². The predicted octanol–water partition coefficient (Wildman–Crippen LogP) is 4.12. The number of halogens is 1. The van der Waals surface area contributed by atoms with Gasteiger partial charge in [-0.3, -0.25) is 14.9 Å². The van der Waals surface area contributed by atoms with Crippen molar-refractivity contribution in [2.24, 2.45) is 0 Å². The Morgan fingerprint density at radius 1 is 1.28 bits per heavy atom. The minimum absolute atomic E-state index is 0.0685. The van der Waals surface area contributed by atoms with Crippen LogP contribution in [0.5, 0.6) is 11.6 Å². The van der Waals surface area contributed by atoms with Gasteiger partial charge < -0.3 is 10.1 Å². The second kappa shape index (κ2) is 10.2. The van der Waals surface area contributed by atoms with Gasteiger partial charge in [0.05, 0.1) is 10.6 Å². The molecular formula is C23H24ClN5O6S. The van der Waals surface area contributed by atoms with E-state index in [0.717, 1.165) is 25.0 Å². The summed E-state index contributed by atoms with van der Waals surface area (Å²) in [6, 6.07) is 10.0. The Balaban J connectivity index is 1.84. The third-order valence-corrected chi connectivity index (χ3v) is 7.14. The molecule has 1 heterocycles. The summed E-state index contributed by atoms with van der Waals surface area (Å²) in [6.07, 6.45) is 2.29. The molecule has 1 fully saturated rings. The van der Waals surface area contributed by atoms with E-state index in [0.29, 0.717) is 22.7 Å². The van der Waals surface area contributed by atoms with Gasteiger partial charge in [0.1, 0.15) is 10.6 Å². The quantitative estimate of drug-likeness (QED) is 0.294. The number of amides is 1. The molecule has 13 heteroatoms. The van der Waals surface area contributed by atoms with Crippen molar-refractivity contribution < 1.29 is 22.9 Å². The first-order chi connectivity index (χ1) is 17.1. The first-order valence-electron chi connectivity index (χ1n) is 11.2. The highest BCUT2D eigenvalue weighted by atomic mass is 35.5. The molecule has 3 aromatic rings. The van der Waals surface area contributed by atoms with E-state index >= 15 is 0 Å². The molecule has 2 aromatic carbocycles. The molecule has 36 heavy (non-hydrogen) atoms. The van der Waals surface area contributed by atoms with Gasteiger partial charge in [-0.1, -0.05) is 24.6 Å². The lowest BCUT2D eigenvalue weighted by Crippen LogP contribution is -2.26. The van der Waals surface area contributed by atoms with Crippen molar-refractivity contribution in [1.82, 2.24) is 19.8 Å². The van der Waals surface area contributed by atoms with Gasteiger partial charge in [0.15, 0.2) is 5.69 Å². The average molecular weight is 534 g/mol. The minimum Gasteiger partial charge on any atom is -0.437 e. The van der Waals surface area contributed by atoms with Crippen LogP contribution < -0.4 is 14.8 Å². The molecule has 1 aromatic heterocycles. The Kier molecular flexibility index (Phi) is 7.29. The summed E-state index contributed by atoms with van der Waals surface area (Å²) in [5.41, 5.74) is 0.522. The SMILES string of the molecule is CCCNS(=O)(=O)c1cc([N+](=O)[O-])ccc1Oc1c(C)c(C(=O)NC2CC2)nn1-c1cccc(Cl)c1. The van der Waals surface area contributed by atoms with Crippen LogP contribution in [-0.4, -0.2) is 41.6 Å². The van der Waals surface area contributed by atoms with E-state index in [-0.39, 0.29) is 35.8 Å². The van der Waals surface area contributed by atoms with Gasteiger partial charge in [-0.05, 0) is 50.5 Å². The highest BCUT2D eigenvalue weighted by Crippen LogP contribution is 2.36. The summed E-state index contributed by atoms with van der Waals surface area (Å²) in [7, 11) is -4.15. The van der Waals surface area contributed by atoms with Crippen molar-refractivity contribution in [3.63, 3.8) is 0 Å². The molecular weight excluding hydrogens is 510 g/mol. The van der Waals surface area contributed by atoms with Crippen molar-refractivity contribution in [1.29, 1.82) is 0 Å².